The summed E-state index contributed by atoms with van der Waals surface area (Å²) in [7, 11) is -1.21. The van der Waals surface area contributed by atoms with Gasteiger partial charge >= 0.3 is 0 Å². The highest BCUT2D eigenvalue weighted by Crippen LogP contribution is 2.61. The second-order valence-corrected chi connectivity index (χ2v) is 15.1. The lowest BCUT2D eigenvalue weighted by molar-refractivity contribution is 0.116. The summed E-state index contributed by atoms with van der Waals surface area (Å²) in [4.78, 5) is 0. The highest BCUT2D eigenvalue weighted by Gasteiger charge is 2.62. The number of hydrogen-bond acceptors (Lipinski definition) is 1. The Morgan fingerprint density at radius 2 is 1.50 bits per heavy atom. The fourth-order valence-electron chi connectivity index (χ4n) is 7.52. The minimum Gasteiger partial charge on any atom is -0.318 e. The SMILES string of the molecule is CC1CCC2C(C1)C1C3CCCCC3C(C)C1N2[Si](C)(C)C. The quantitative estimate of drug-likeness (QED) is 0.586. The van der Waals surface area contributed by atoms with Gasteiger partial charge in [0.15, 0.2) is 0 Å². The fraction of sp³-hybridized carbons (Fsp3) is 1.00. The van der Waals surface area contributed by atoms with Gasteiger partial charge in [0.1, 0.15) is 8.24 Å². The first-order valence-corrected chi connectivity index (χ1v) is 13.6. The van der Waals surface area contributed by atoms with Crippen LogP contribution in [0.25, 0.3) is 0 Å². The molecule has 0 amide bonds. The van der Waals surface area contributed by atoms with Crippen LogP contribution in [0.4, 0.5) is 0 Å². The Bertz CT molecular complexity index is 428. The molecule has 1 heterocycles. The van der Waals surface area contributed by atoms with E-state index in [1.165, 1.54) is 25.7 Å². The molecule has 0 aromatic carbocycles. The van der Waals surface area contributed by atoms with Crippen molar-refractivity contribution in [1.29, 1.82) is 0 Å². The Hall–Kier alpha value is 0.177. The molecule has 126 valence electrons. The first kappa shape index (κ1) is 15.7. The minimum atomic E-state index is -1.21. The van der Waals surface area contributed by atoms with Gasteiger partial charge in [-0.15, -0.1) is 0 Å². The van der Waals surface area contributed by atoms with Crippen molar-refractivity contribution in [3.05, 3.63) is 0 Å². The lowest BCUT2D eigenvalue weighted by Gasteiger charge is -2.45. The molecule has 1 nitrogen and oxygen atoms in total. The van der Waals surface area contributed by atoms with Crippen molar-refractivity contribution in [3.63, 3.8) is 0 Å². The van der Waals surface area contributed by atoms with Gasteiger partial charge in [-0.25, -0.2) is 0 Å². The summed E-state index contributed by atoms with van der Waals surface area (Å²) in [6, 6.07) is 1.92. The van der Waals surface area contributed by atoms with Crippen molar-refractivity contribution >= 4 is 8.24 Å². The summed E-state index contributed by atoms with van der Waals surface area (Å²) < 4.78 is 3.18. The topological polar surface area (TPSA) is 3.24 Å². The van der Waals surface area contributed by atoms with Crippen molar-refractivity contribution in [2.24, 2.45) is 35.5 Å². The van der Waals surface area contributed by atoms with Crippen LogP contribution in [0, 0.1) is 35.5 Å². The molecule has 0 radical (unpaired) electrons. The standard InChI is InChI=1S/C20H37NSi/c1-13-10-11-18-17(12-13)19-16-9-7-6-8-15(16)14(2)20(19)21(18)22(3,4)5/h13-20H,6-12H2,1-5H3. The summed E-state index contributed by atoms with van der Waals surface area (Å²) in [5.41, 5.74) is 0. The predicted molar refractivity (Wildman–Crippen MR) is 97.4 cm³/mol. The average molecular weight is 320 g/mol. The van der Waals surface area contributed by atoms with Crippen molar-refractivity contribution < 1.29 is 0 Å². The maximum Gasteiger partial charge on any atom is 0.119 e. The van der Waals surface area contributed by atoms with E-state index in [0.717, 1.165) is 47.6 Å². The molecule has 4 fully saturated rings. The van der Waals surface area contributed by atoms with Crippen LogP contribution in [-0.4, -0.2) is 24.9 Å². The van der Waals surface area contributed by atoms with Crippen molar-refractivity contribution in [2.45, 2.75) is 90.5 Å². The molecule has 3 saturated carbocycles. The van der Waals surface area contributed by atoms with E-state index >= 15 is 0 Å². The Morgan fingerprint density at radius 1 is 0.818 bits per heavy atom. The normalized spacial score (nSPS) is 52.2. The third kappa shape index (κ3) is 2.19. The zero-order valence-corrected chi connectivity index (χ0v) is 16.5. The van der Waals surface area contributed by atoms with Crippen LogP contribution in [0.5, 0.6) is 0 Å². The second-order valence-electron chi connectivity index (χ2n) is 10.3. The molecule has 0 aromatic heterocycles. The van der Waals surface area contributed by atoms with Gasteiger partial charge in [-0.05, 0) is 67.6 Å². The molecule has 0 spiro atoms. The summed E-state index contributed by atoms with van der Waals surface area (Å²) in [6.07, 6.45) is 10.7. The van der Waals surface area contributed by atoms with Crippen LogP contribution in [-0.2, 0) is 0 Å². The number of rotatable bonds is 1. The van der Waals surface area contributed by atoms with Crippen LogP contribution in [0.3, 0.4) is 0 Å². The fourth-order valence-corrected chi connectivity index (χ4v) is 10.1. The van der Waals surface area contributed by atoms with Gasteiger partial charge in [-0.2, -0.15) is 0 Å². The second kappa shape index (κ2) is 5.34. The molecule has 22 heavy (non-hydrogen) atoms. The molecule has 4 rings (SSSR count). The third-order valence-electron chi connectivity index (χ3n) is 8.05. The zero-order chi connectivity index (χ0) is 15.6. The molecule has 2 heteroatoms. The Labute approximate surface area is 139 Å². The smallest absolute Gasteiger partial charge is 0.119 e. The van der Waals surface area contributed by atoms with Crippen LogP contribution in [0.15, 0.2) is 0 Å². The first-order valence-electron chi connectivity index (χ1n) is 10.2. The van der Waals surface area contributed by atoms with Gasteiger partial charge in [-0.3, -0.25) is 0 Å². The molecule has 3 aliphatic carbocycles. The van der Waals surface area contributed by atoms with Crippen LogP contribution < -0.4 is 0 Å². The molecule has 8 atom stereocenters. The Kier molecular flexibility index (Phi) is 3.81. The van der Waals surface area contributed by atoms with Gasteiger partial charge < -0.3 is 4.57 Å². The Balaban J connectivity index is 1.73. The lowest BCUT2D eigenvalue weighted by Crippen LogP contribution is -2.55. The zero-order valence-electron chi connectivity index (χ0n) is 15.5. The maximum absolute atomic E-state index is 3.18. The van der Waals surface area contributed by atoms with E-state index in [1.807, 2.05) is 0 Å². The van der Waals surface area contributed by atoms with Gasteiger partial charge in [-0.1, -0.05) is 46.3 Å². The Morgan fingerprint density at radius 3 is 2.18 bits per heavy atom. The highest BCUT2D eigenvalue weighted by atomic mass is 28.3. The molecule has 0 bridgehead atoms. The molecule has 4 aliphatic rings. The van der Waals surface area contributed by atoms with E-state index in [2.05, 4.69) is 38.1 Å². The lowest BCUT2D eigenvalue weighted by atomic mass is 9.68. The van der Waals surface area contributed by atoms with E-state index in [9.17, 15) is 0 Å². The highest BCUT2D eigenvalue weighted by molar-refractivity contribution is 6.73. The van der Waals surface area contributed by atoms with Crippen LogP contribution >= 0.6 is 0 Å². The summed E-state index contributed by atoms with van der Waals surface area (Å²) in [5, 5.41) is 0. The van der Waals surface area contributed by atoms with E-state index in [-0.39, 0.29) is 0 Å². The molecule has 8 unspecified atom stereocenters. The largest absolute Gasteiger partial charge is 0.318 e. The maximum atomic E-state index is 3.18. The van der Waals surface area contributed by atoms with Crippen LogP contribution in [0.1, 0.15) is 58.8 Å². The number of hydrogen-bond donors (Lipinski definition) is 0. The molecule has 0 aromatic rings. The number of fused-ring (bicyclic) bond motifs is 5. The average Bonchev–Trinajstić information content (AvgIpc) is 2.93. The predicted octanol–water partition coefficient (Wildman–Crippen LogP) is 5.38. The van der Waals surface area contributed by atoms with Gasteiger partial charge in [0.2, 0.25) is 0 Å². The van der Waals surface area contributed by atoms with E-state index in [0.29, 0.717) is 0 Å². The number of nitrogens with zero attached hydrogens (tertiary/aromatic N) is 1. The van der Waals surface area contributed by atoms with Crippen molar-refractivity contribution in [1.82, 2.24) is 4.57 Å². The van der Waals surface area contributed by atoms with E-state index in [4.69, 9.17) is 0 Å². The molecule has 1 aliphatic heterocycles. The van der Waals surface area contributed by atoms with Gasteiger partial charge in [0.25, 0.3) is 0 Å². The van der Waals surface area contributed by atoms with E-state index in [1.54, 1.807) is 19.3 Å². The van der Waals surface area contributed by atoms with Gasteiger partial charge in [0, 0.05) is 12.1 Å². The minimum absolute atomic E-state index is 0.958. The van der Waals surface area contributed by atoms with Gasteiger partial charge in [0.05, 0.1) is 0 Å². The molecular formula is C20H37NSi. The summed E-state index contributed by atoms with van der Waals surface area (Å²) in [6.45, 7) is 13.0. The van der Waals surface area contributed by atoms with Crippen molar-refractivity contribution in [3.8, 4) is 0 Å². The molecule has 0 N–H and O–H groups in total. The monoisotopic (exact) mass is 319 g/mol. The first-order chi connectivity index (χ1) is 10.4. The molecular weight excluding hydrogens is 282 g/mol. The summed E-state index contributed by atoms with van der Waals surface area (Å²) in [5.74, 6) is 6.24. The van der Waals surface area contributed by atoms with Crippen molar-refractivity contribution in [2.75, 3.05) is 0 Å². The van der Waals surface area contributed by atoms with E-state index < -0.39 is 8.24 Å². The van der Waals surface area contributed by atoms with Crippen LogP contribution in [0.2, 0.25) is 19.6 Å². The molecule has 1 saturated heterocycles. The third-order valence-corrected chi connectivity index (χ3v) is 10.2. The summed E-state index contributed by atoms with van der Waals surface area (Å²) >= 11 is 0.